The molecule has 428 valence electrons. The first-order chi connectivity index (χ1) is 38.5. The Morgan fingerprint density at radius 2 is 0.795 bits per heavy atom. The van der Waals surface area contributed by atoms with Gasteiger partial charge in [-0.1, -0.05) is 109 Å². The standard InChI is InChI=1S/C60H84N4O14/c1-4-66-48-55-62-56-57(53-22-14-15-23-54(53)61-58(56)63-60(50-16-8-5-9-17-50,51-18-10-6-11-19-51)52-20-12-7-13-21-52)64(55)49-59(2,3)78-47-46-77-45-44-76-43-42-75-41-40-74-39-38-73-37-36-72-35-34-71-33-32-70-31-30-69-29-28-68-27-26-67-25-24-65/h5-23,65H,4,24-49H2,1-3H3,(H,61,63). The number of imidazole rings is 1. The van der Waals surface area contributed by atoms with Crippen LogP contribution in [0.5, 0.6) is 0 Å². The van der Waals surface area contributed by atoms with Crippen LogP contribution in [0.2, 0.25) is 0 Å². The van der Waals surface area contributed by atoms with Crippen molar-refractivity contribution in [1.29, 1.82) is 0 Å². The van der Waals surface area contributed by atoms with Gasteiger partial charge in [0.25, 0.3) is 0 Å². The number of benzene rings is 4. The van der Waals surface area contributed by atoms with Gasteiger partial charge in [-0.25, -0.2) is 9.97 Å². The monoisotopic (exact) mass is 1080 g/mol. The van der Waals surface area contributed by atoms with Crippen LogP contribution >= 0.6 is 0 Å². The quantitative estimate of drug-likeness (QED) is 0.0283. The molecule has 18 nitrogen and oxygen atoms in total. The van der Waals surface area contributed by atoms with Crippen LogP contribution in [0.4, 0.5) is 5.82 Å². The number of aliphatic hydroxyl groups excluding tert-OH is 1. The highest BCUT2D eigenvalue weighted by atomic mass is 16.6. The SMILES string of the molecule is CCOCc1nc2c(NC(c3ccccc3)(c3ccccc3)c3ccccc3)nc3ccccc3c2n1CC(C)(C)OCCOCCOCCOCCOCCOCCOCCOCCOCCOCCOCCOCCO. The van der Waals surface area contributed by atoms with E-state index in [4.69, 9.17) is 76.7 Å². The van der Waals surface area contributed by atoms with Gasteiger partial charge in [0.2, 0.25) is 0 Å². The summed E-state index contributed by atoms with van der Waals surface area (Å²) in [6.07, 6.45) is 0. The molecule has 0 aliphatic rings. The maximum absolute atomic E-state index is 8.64. The van der Waals surface area contributed by atoms with E-state index in [1.807, 2.05) is 37.3 Å². The van der Waals surface area contributed by atoms with Gasteiger partial charge in [0, 0.05) is 12.0 Å². The van der Waals surface area contributed by atoms with Crippen LogP contribution < -0.4 is 5.32 Å². The van der Waals surface area contributed by atoms with Crippen LogP contribution in [0.1, 0.15) is 43.3 Å². The van der Waals surface area contributed by atoms with Crippen molar-refractivity contribution < 1.29 is 66.7 Å². The lowest BCUT2D eigenvalue weighted by atomic mass is 9.77. The zero-order valence-corrected chi connectivity index (χ0v) is 46.2. The topological polar surface area (TPSA) is 183 Å². The lowest BCUT2D eigenvalue weighted by molar-refractivity contribution is -0.0621. The molecule has 6 aromatic rings. The second-order valence-electron chi connectivity index (χ2n) is 18.5. The first-order valence-corrected chi connectivity index (χ1v) is 27.4. The molecule has 0 atom stereocenters. The van der Waals surface area contributed by atoms with Gasteiger partial charge < -0.3 is 76.6 Å². The number of anilines is 1. The van der Waals surface area contributed by atoms with E-state index in [9.17, 15) is 0 Å². The maximum atomic E-state index is 8.64. The number of rotatable bonds is 46. The number of para-hydroxylation sites is 1. The van der Waals surface area contributed by atoms with E-state index in [2.05, 4.69) is 109 Å². The maximum Gasteiger partial charge on any atom is 0.156 e. The molecule has 0 saturated carbocycles. The fraction of sp³-hybridized carbons (Fsp3) is 0.533. The molecule has 6 rings (SSSR count). The molecule has 0 unspecified atom stereocenters. The van der Waals surface area contributed by atoms with Gasteiger partial charge in [0.1, 0.15) is 23.5 Å². The molecule has 0 fully saturated rings. The molecule has 0 amide bonds. The van der Waals surface area contributed by atoms with Crippen molar-refractivity contribution in [3.8, 4) is 0 Å². The van der Waals surface area contributed by atoms with Crippen molar-refractivity contribution in [3.05, 3.63) is 138 Å². The summed E-state index contributed by atoms with van der Waals surface area (Å²) in [6, 6.07) is 39.8. The Hall–Kier alpha value is -5.00. The van der Waals surface area contributed by atoms with Gasteiger partial charge in [-0.05, 0) is 43.5 Å². The van der Waals surface area contributed by atoms with E-state index < -0.39 is 11.1 Å². The summed E-state index contributed by atoms with van der Waals surface area (Å²) >= 11 is 0. The van der Waals surface area contributed by atoms with E-state index in [-0.39, 0.29) is 6.61 Å². The van der Waals surface area contributed by atoms with E-state index in [1.165, 1.54) is 0 Å². The Bertz CT molecular complexity index is 2370. The van der Waals surface area contributed by atoms with Crippen LogP contribution in [-0.4, -0.2) is 190 Å². The molecule has 0 aliphatic carbocycles. The molecule has 2 aromatic heterocycles. The zero-order valence-electron chi connectivity index (χ0n) is 46.2. The molecule has 0 bridgehead atoms. The van der Waals surface area contributed by atoms with Crippen molar-refractivity contribution in [3.63, 3.8) is 0 Å². The van der Waals surface area contributed by atoms with Gasteiger partial charge >= 0.3 is 0 Å². The second-order valence-corrected chi connectivity index (χ2v) is 18.5. The van der Waals surface area contributed by atoms with Gasteiger partial charge in [-0.15, -0.1) is 0 Å². The van der Waals surface area contributed by atoms with Crippen molar-refractivity contribution in [1.82, 2.24) is 14.5 Å². The predicted molar refractivity (Wildman–Crippen MR) is 299 cm³/mol. The molecule has 0 spiro atoms. The smallest absolute Gasteiger partial charge is 0.156 e. The normalized spacial score (nSPS) is 12.1. The van der Waals surface area contributed by atoms with E-state index in [1.54, 1.807) is 0 Å². The van der Waals surface area contributed by atoms with Crippen LogP contribution in [0.15, 0.2) is 115 Å². The fourth-order valence-electron chi connectivity index (χ4n) is 8.57. The molecular weight excluding hydrogens is 1000 g/mol. The van der Waals surface area contributed by atoms with Gasteiger partial charge in [0.15, 0.2) is 5.82 Å². The minimum Gasteiger partial charge on any atom is -0.394 e. The number of ether oxygens (including phenoxy) is 13. The third-order valence-electron chi connectivity index (χ3n) is 12.2. The minimum atomic E-state index is -0.811. The van der Waals surface area contributed by atoms with Crippen LogP contribution in [0.3, 0.4) is 0 Å². The molecule has 0 aliphatic heterocycles. The zero-order chi connectivity index (χ0) is 54.6. The number of hydrogen-bond acceptors (Lipinski definition) is 17. The largest absolute Gasteiger partial charge is 0.394 e. The Morgan fingerprint density at radius 3 is 1.18 bits per heavy atom. The number of aromatic nitrogens is 3. The van der Waals surface area contributed by atoms with Gasteiger partial charge in [-0.2, -0.15) is 0 Å². The summed E-state index contributed by atoms with van der Waals surface area (Å²) in [4.78, 5) is 10.7. The summed E-state index contributed by atoms with van der Waals surface area (Å²) in [7, 11) is 0. The van der Waals surface area contributed by atoms with Crippen LogP contribution in [0.25, 0.3) is 21.9 Å². The van der Waals surface area contributed by atoms with Crippen molar-refractivity contribution in [2.45, 2.75) is 45.1 Å². The van der Waals surface area contributed by atoms with Gasteiger partial charge in [-0.3, -0.25) is 0 Å². The Balaban J connectivity index is 0.836. The highest BCUT2D eigenvalue weighted by molar-refractivity contribution is 6.07. The molecule has 78 heavy (non-hydrogen) atoms. The molecular formula is C60H84N4O14. The van der Waals surface area contributed by atoms with Gasteiger partial charge in [0.05, 0.1) is 182 Å². The number of aliphatic hydroxyl groups is 1. The van der Waals surface area contributed by atoms with E-state index >= 15 is 0 Å². The van der Waals surface area contributed by atoms with Crippen LogP contribution in [-0.2, 0) is 80.3 Å². The fourth-order valence-corrected chi connectivity index (χ4v) is 8.57. The molecule has 4 aromatic carbocycles. The molecule has 18 heteroatoms. The molecule has 2 heterocycles. The number of fused-ring (bicyclic) bond motifs is 3. The summed E-state index contributed by atoms with van der Waals surface area (Å²) in [5.41, 5.74) is 4.37. The average Bonchev–Trinajstić information content (AvgIpc) is 3.99. The van der Waals surface area contributed by atoms with E-state index in [0.29, 0.717) is 178 Å². The number of pyridine rings is 1. The summed E-state index contributed by atoms with van der Waals surface area (Å²) in [5, 5.41) is 13.7. The minimum absolute atomic E-state index is 0.0175. The van der Waals surface area contributed by atoms with E-state index in [0.717, 1.165) is 44.5 Å². The average molecular weight is 1090 g/mol. The van der Waals surface area contributed by atoms with Crippen LogP contribution in [0, 0.1) is 0 Å². The summed E-state index contributed by atoms with van der Waals surface area (Å²) < 4.78 is 75.7. The summed E-state index contributed by atoms with van der Waals surface area (Å²) in [6.45, 7) is 18.3. The highest BCUT2D eigenvalue weighted by Gasteiger charge is 2.38. The first-order valence-electron chi connectivity index (χ1n) is 27.4. The highest BCUT2D eigenvalue weighted by Crippen LogP contribution is 2.42. The number of hydrogen-bond donors (Lipinski definition) is 2. The molecule has 0 radical (unpaired) electrons. The van der Waals surface area contributed by atoms with Crippen molar-refractivity contribution in [2.24, 2.45) is 0 Å². The van der Waals surface area contributed by atoms with Crippen molar-refractivity contribution in [2.75, 3.05) is 170 Å². The second kappa shape index (κ2) is 37.0. The third kappa shape index (κ3) is 21.2. The molecule has 2 N–H and O–H groups in total. The Morgan fingerprint density at radius 1 is 0.436 bits per heavy atom. The summed E-state index contributed by atoms with van der Waals surface area (Å²) in [5.74, 6) is 1.45. The third-order valence-corrected chi connectivity index (χ3v) is 12.2. The Labute approximate surface area is 460 Å². The predicted octanol–water partition coefficient (Wildman–Crippen LogP) is 7.50. The number of nitrogens with one attached hydrogen (secondary N) is 1. The Kier molecular flexibility index (Phi) is 29.5. The molecule has 0 saturated heterocycles. The lowest BCUT2D eigenvalue weighted by Gasteiger charge is -2.37. The number of nitrogens with zero attached hydrogens (tertiary/aromatic N) is 3. The van der Waals surface area contributed by atoms with Crippen molar-refractivity contribution >= 4 is 27.8 Å². The lowest BCUT2D eigenvalue weighted by Crippen LogP contribution is -2.38. The first kappa shape index (κ1) is 62.2.